The van der Waals surface area contributed by atoms with E-state index in [0.29, 0.717) is 23.3 Å². The first-order chi connectivity index (χ1) is 9.60. The van der Waals surface area contributed by atoms with Crippen molar-refractivity contribution in [3.8, 4) is 11.4 Å². The van der Waals surface area contributed by atoms with Gasteiger partial charge in [-0.25, -0.2) is 4.39 Å². The molecule has 0 atom stereocenters. The molecule has 1 aromatic heterocycles. The number of rotatable bonds is 5. The summed E-state index contributed by atoms with van der Waals surface area (Å²) < 4.78 is 13.3. The third kappa shape index (κ3) is 3.40. The normalized spacial score (nSPS) is 10.4. The van der Waals surface area contributed by atoms with E-state index in [1.54, 1.807) is 17.0 Å². The zero-order valence-corrected chi connectivity index (χ0v) is 11.9. The Kier molecular flexibility index (Phi) is 4.45. The van der Waals surface area contributed by atoms with Crippen LogP contribution in [0.3, 0.4) is 0 Å². The van der Waals surface area contributed by atoms with Crippen molar-refractivity contribution in [1.82, 2.24) is 15.0 Å². The van der Waals surface area contributed by atoms with E-state index in [1.807, 2.05) is 14.1 Å². The topological polar surface area (TPSA) is 53.9 Å². The van der Waals surface area contributed by atoms with Crippen molar-refractivity contribution in [2.75, 3.05) is 30.9 Å². The molecule has 0 radical (unpaired) electrons. The molecule has 0 aliphatic heterocycles. The smallest absolute Gasteiger partial charge is 0.230 e. The molecule has 6 heteroatoms. The zero-order chi connectivity index (χ0) is 14.5. The number of nitrogens with one attached hydrogen (secondary N) is 1. The molecule has 1 heterocycles. The molecule has 1 aromatic carbocycles. The van der Waals surface area contributed by atoms with Crippen molar-refractivity contribution in [2.24, 2.45) is 0 Å². The highest BCUT2D eigenvalue weighted by Crippen LogP contribution is 2.19. The van der Waals surface area contributed by atoms with Crippen molar-refractivity contribution >= 4 is 11.9 Å². The fraction of sp³-hybridized carbons (Fsp3) is 0.357. The Labute approximate surface area is 117 Å². The summed E-state index contributed by atoms with van der Waals surface area (Å²) >= 11 is 0. The molecule has 0 saturated carbocycles. The number of hydrogen-bond donors (Lipinski definition) is 1. The van der Waals surface area contributed by atoms with Crippen molar-refractivity contribution < 1.29 is 4.39 Å². The maximum absolute atomic E-state index is 13.3. The van der Waals surface area contributed by atoms with Gasteiger partial charge in [-0.15, -0.1) is 0 Å². The van der Waals surface area contributed by atoms with E-state index in [0.717, 1.165) is 13.0 Å². The van der Waals surface area contributed by atoms with Gasteiger partial charge in [-0.05, 0) is 18.6 Å². The van der Waals surface area contributed by atoms with E-state index in [-0.39, 0.29) is 5.82 Å². The van der Waals surface area contributed by atoms with Crippen LogP contribution >= 0.6 is 0 Å². The lowest BCUT2D eigenvalue weighted by Gasteiger charge is -2.13. The minimum atomic E-state index is -0.308. The molecule has 0 saturated heterocycles. The fourth-order valence-electron chi connectivity index (χ4n) is 1.64. The van der Waals surface area contributed by atoms with Crippen molar-refractivity contribution in [2.45, 2.75) is 13.3 Å². The summed E-state index contributed by atoms with van der Waals surface area (Å²) in [5.74, 6) is 1.20. The van der Waals surface area contributed by atoms with Gasteiger partial charge in [0.05, 0.1) is 0 Å². The molecular formula is C14H18FN5. The van der Waals surface area contributed by atoms with E-state index in [2.05, 4.69) is 27.2 Å². The second kappa shape index (κ2) is 6.27. The molecular weight excluding hydrogens is 257 g/mol. The van der Waals surface area contributed by atoms with E-state index in [1.165, 1.54) is 12.1 Å². The number of benzene rings is 1. The lowest BCUT2D eigenvalue weighted by molar-refractivity contribution is 0.628. The van der Waals surface area contributed by atoms with Crippen LogP contribution in [-0.4, -0.2) is 35.6 Å². The van der Waals surface area contributed by atoms with Crippen LogP contribution in [0.25, 0.3) is 11.4 Å². The van der Waals surface area contributed by atoms with E-state index in [4.69, 9.17) is 0 Å². The number of halogens is 1. The van der Waals surface area contributed by atoms with Crippen LogP contribution in [0.1, 0.15) is 13.3 Å². The molecule has 20 heavy (non-hydrogen) atoms. The maximum Gasteiger partial charge on any atom is 0.230 e. The minimum Gasteiger partial charge on any atom is -0.354 e. The number of aromatic nitrogens is 3. The maximum atomic E-state index is 13.3. The molecule has 0 unspecified atom stereocenters. The van der Waals surface area contributed by atoms with Gasteiger partial charge in [0.15, 0.2) is 5.82 Å². The SMILES string of the molecule is CCCNc1nc(-c2cccc(F)c2)nc(N(C)C)n1. The highest BCUT2D eigenvalue weighted by molar-refractivity contribution is 5.58. The van der Waals surface area contributed by atoms with Gasteiger partial charge in [0.25, 0.3) is 0 Å². The Hall–Kier alpha value is -2.24. The Morgan fingerprint density at radius 3 is 2.65 bits per heavy atom. The van der Waals surface area contributed by atoms with Crippen molar-refractivity contribution in [3.63, 3.8) is 0 Å². The van der Waals surface area contributed by atoms with E-state index < -0.39 is 0 Å². The van der Waals surface area contributed by atoms with Gasteiger partial charge in [-0.3, -0.25) is 0 Å². The summed E-state index contributed by atoms with van der Waals surface area (Å²) in [6.45, 7) is 2.84. The average Bonchev–Trinajstić information content (AvgIpc) is 2.44. The first kappa shape index (κ1) is 14.2. The van der Waals surface area contributed by atoms with E-state index >= 15 is 0 Å². The van der Waals surface area contributed by atoms with Crippen LogP contribution in [0, 0.1) is 5.82 Å². The number of hydrogen-bond acceptors (Lipinski definition) is 5. The third-order valence-corrected chi connectivity index (χ3v) is 2.64. The molecule has 0 aliphatic carbocycles. The first-order valence-electron chi connectivity index (χ1n) is 6.53. The number of anilines is 2. The molecule has 0 amide bonds. The van der Waals surface area contributed by atoms with E-state index in [9.17, 15) is 4.39 Å². The molecule has 0 aliphatic rings. The second-order valence-electron chi connectivity index (χ2n) is 4.61. The summed E-state index contributed by atoms with van der Waals surface area (Å²) in [5, 5.41) is 3.13. The van der Waals surface area contributed by atoms with Crippen LogP contribution in [0.5, 0.6) is 0 Å². The molecule has 2 aromatic rings. The first-order valence-corrected chi connectivity index (χ1v) is 6.53. The Morgan fingerprint density at radius 1 is 1.20 bits per heavy atom. The Balaban J connectivity index is 2.43. The molecule has 2 rings (SSSR count). The monoisotopic (exact) mass is 275 g/mol. The molecule has 1 N–H and O–H groups in total. The second-order valence-corrected chi connectivity index (χ2v) is 4.61. The quantitative estimate of drug-likeness (QED) is 0.909. The van der Waals surface area contributed by atoms with Gasteiger partial charge in [0.1, 0.15) is 5.82 Å². The number of nitrogens with zero attached hydrogens (tertiary/aromatic N) is 4. The van der Waals surface area contributed by atoms with Crippen LogP contribution in [0.4, 0.5) is 16.3 Å². The lowest BCUT2D eigenvalue weighted by atomic mass is 10.2. The van der Waals surface area contributed by atoms with Crippen LogP contribution in [0.15, 0.2) is 24.3 Å². The largest absolute Gasteiger partial charge is 0.354 e. The fourth-order valence-corrected chi connectivity index (χ4v) is 1.64. The standard InChI is InChI=1S/C14H18FN5/c1-4-8-16-13-17-12(18-14(19-13)20(2)3)10-6-5-7-11(15)9-10/h5-7,9H,4,8H2,1-3H3,(H,16,17,18,19). The minimum absolute atomic E-state index is 0.308. The van der Waals surface area contributed by atoms with Crippen molar-refractivity contribution in [1.29, 1.82) is 0 Å². The van der Waals surface area contributed by atoms with Crippen LogP contribution < -0.4 is 10.2 Å². The summed E-state index contributed by atoms with van der Waals surface area (Å²) in [6.07, 6.45) is 0.971. The molecule has 0 bridgehead atoms. The predicted octanol–water partition coefficient (Wildman–Crippen LogP) is 2.57. The summed E-state index contributed by atoms with van der Waals surface area (Å²) in [4.78, 5) is 14.8. The molecule has 0 fully saturated rings. The highest BCUT2D eigenvalue weighted by atomic mass is 19.1. The molecule has 0 spiro atoms. The predicted molar refractivity (Wildman–Crippen MR) is 78.3 cm³/mol. The van der Waals surface area contributed by atoms with Gasteiger partial charge in [-0.2, -0.15) is 15.0 Å². The van der Waals surface area contributed by atoms with Gasteiger partial charge in [-0.1, -0.05) is 19.1 Å². The summed E-state index contributed by atoms with van der Waals surface area (Å²) in [5.41, 5.74) is 0.634. The van der Waals surface area contributed by atoms with Crippen molar-refractivity contribution in [3.05, 3.63) is 30.1 Å². The summed E-state index contributed by atoms with van der Waals surface area (Å²) in [6, 6.07) is 6.23. The average molecular weight is 275 g/mol. The Bertz CT molecular complexity index is 586. The highest BCUT2D eigenvalue weighted by Gasteiger charge is 2.10. The van der Waals surface area contributed by atoms with Crippen LogP contribution in [0.2, 0.25) is 0 Å². The summed E-state index contributed by atoms with van der Waals surface area (Å²) in [7, 11) is 3.71. The zero-order valence-electron chi connectivity index (χ0n) is 11.9. The van der Waals surface area contributed by atoms with Crippen LogP contribution in [-0.2, 0) is 0 Å². The third-order valence-electron chi connectivity index (χ3n) is 2.64. The van der Waals surface area contributed by atoms with Gasteiger partial charge in [0.2, 0.25) is 11.9 Å². The van der Waals surface area contributed by atoms with Gasteiger partial charge < -0.3 is 10.2 Å². The lowest BCUT2D eigenvalue weighted by Crippen LogP contribution is -2.16. The molecule has 5 nitrogen and oxygen atoms in total. The molecule has 106 valence electrons. The van der Waals surface area contributed by atoms with Gasteiger partial charge in [0, 0.05) is 26.2 Å². The Morgan fingerprint density at radius 2 is 2.00 bits per heavy atom. The van der Waals surface area contributed by atoms with Gasteiger partial charge >= 0.3 is 0 Å².